The first-order valence-corrected chi connectivity index (χ1v) is 8.81. The number of amides is 3. The Morgan fingerprint density at radius 1 is 1.41 bits per heavy atom. The van der Waals surface area contributed by atoms with E-state index in [0.717, 1.165) is 31.2 Å². The summed E-state index contributed by atoms with van der Waals surface area (Å²) in [5.74, 6) is -0.0758. The number of hydrogen-bond donors (Lipinski definition) is 2. The lowest BCUT2D eigenvalue weighted by molar-refractivity contribution is -0.132. The lowest BCUT2D eigenvalue weighted by atomic mass is 9.85. The van der Waals surface area contributed by atoms with Crippen LogP contribution in [0.25, 0.3) is 0 Å². The molecule has 0 spiro atoms. The maximum absolute atomic E-state index is 12.7. The summed E-state index contributed by atoms with van der Waals surface area (Å²) in [6, 6.07) is 1.44. The number of imide groups is 1. The standard InChI is InChI=1S/C16H22N2O3S/c1-16(12-7-8-22-10-12)14(20)18(15(21)17-16)9-13(19)11-5-3-2-4-6-11/h7-8,10-11,13,19H,2-6,9H2,1H3,(H,17,21)/t13-,16-/m0/s1. The summed E-state index contributed by atoms with van der Waals surface area (Å²) >= 11 is 1.49. The van der Waals surface area contributed by atoms with Crippen LogP contribution in [0, 0.1) is 5.92 Å². The molecule has 2 N–H and O–H groups in total. The molecule has 6 heteroatoms. The van der Waals surface area contributed by atoms with Gasteiger partial charge in [0.1, 0.15) is 5.54 Å². The van der Waals surface area contributed by atoms with Crippen LogP contribution in [0.3, 0.4) is 0 Å². The first-order valence-electron chi connectivity index (χ1n) is 7.87. The number of urea groups is 1. The van der Waals surface area contributed by atoms with Gasteiger partial charge in [-0.3, -0.25) is 9.69 Å². The number of carbonyl (C=O) groups excluding carboxylic acids is 2. The van der Waals surface area contributed by atoms with Gasteiger partial charge >= 0.3 is 6.03 Å². The average molecular weight is 322 g/mol. The van der Waals surface area contributed by atoms with Gasteiger partial charge in [-0.05, 0) is 48.1 Å². The van der Waals surface area contributed by atoms with Crippen molar-refractivity contribution in [1.82, 2.24) is 10.2 Å². The molecule has 2 atom stereocenters. The van der Waals surface area contributed by atoms with E-state index >= 15 is 0 Å². The normalized spacial score (nSPS) is 28.0. The molecule has 1 saturated heterocycles. The van der Waals surface area contributed by atoms with Crippen LogP contribution >= 0.6 is 11.3 Å². The minimum atomic E-state index is -1.01. The minimum absolute atomic E-state index is 0.0923. The van der Waals surface area contributed by atoms with Gasteiger partial charge in [0.05, 0.1) is 12.6 Å². The second-order valence-corrected chi connectivity index (χ2v) is 7.23. The smallest absolute Gasteiger partial charge is 0.325 e. The summed E-state index contributed by atoms with van der Waals surface area (Å²) in [5.41, 5.74) is -0.214. The molecule has 3 rings (SSSR count). The van der Waals surface area contributed by atoms with Gasteiger partial charge in [-0.25, -0.2) is 4.79 Å². The number of nitrogens with zero attached hydrogens (tertiary/aromatic N) is 1. The van der Waals surface area contributed by atoms with E-state index in [2.05, 4.69) is 5.32 Å². The molecule has 1 aromatic rings. The van der Waals surface area contributed by atoms with Gasteiger partial charge in [-0.15, -0.1) is 0 Å². The van der Waals surface area contributed by atoms with Crippen molar-refractivity contribution in [3.05, 3.63) is 22.4 Å². The Bertz CT molecular complexity index is 554. The van der Waals surface area contributed by atoms with Crippen molar-refractivity contribution >= 4 is 23.3 Å². The van der Waals surface area contributed by atoms with Crippen LogP contribution in [0.4, 0.5) is 4.79 Å². The third-order valence-electron chi connectivity index (χ3n) is 4.94. The zero-order chi connectivity index (χ0) is 15.7. The van der Waals surface area contributed by atoms with Crippen molar-refractivity contribution < 1.29 is 14.7 Å². The molecule has 5 nitrogen and oxygen atoms in total. The van der Waals surface area contributed by atoms with E-state index in [9.17, 15) is 14.7 Å². The molecule has 1 aliphatic carbocycles. The highest BCUT2D eigenvalue weighted by atomic mass is 32.1. The Balaban J connectivity index is 1.72. The molecule has 0 aromatic carbocycles. The molecular formula is C16H22N2O3S. The summed E-state index contributed by atoms with van der Waals surface area (Å²) in [4.78, 5) is 26.1. The maximum atomic E-state index is 12.7. The number of rotatable bonds is 4. The Morgan fingerprint density at radius 3 is 2.77 bits per heavy atom. The topological polar surface area (TPSA) is 69.6 Å². The Morgan fingerprint density at radius 2 is 2.14 bits per heavy atom. The highest BCUT2D eigenvalue weighted by Gasteiger charge is 2.49. The van der Waals surface area contributed by atoms with Gasteiger partial charge in [0.2, 0.25) is 0 Å². The zero-order valence-electron chi connectivity index (χ0n) is 12.7. The number of aliphatic hydroxyl groups is 1. The minimum Gasteiger partial charge on any atom is -0.391 e. The molecule has 22 heavy (non-hydrogen) atoms. The fraction of sp³-hybridized carbons (Fsp3) is 0.625. The van der Waals surface area contributed by atoms with E-state index in [1.165, 1.54) is 22.7 Å². The van der Waals surface area contributed by atoms with Gasteiger partial charge in [0.15, 0.2) is 0 Å². The molecule has 1 saturated carbocycles. The fourth-order valence-electron chi connectivity index (χ4n) is 3.46. The highest BCUT2D eigenvalue weighted by molar-refractivity contribution is 7.08. The van der Waals surface area contributed by atoms with Crippen LogP contribution in [0.15, 0.2) is 16.8 Å². The van der Waals surface area contributed by atoms with Crippen LogP contribution < -0.4 is 5.32 Å². The predicted molar refractivity (Wildman–Crippen MR) is 84.5 cm³/mol. The van der Waals surface area contributed by atoms with E-state index in [0.29, 0.717) is 0 Å². The van der Waals surface area contributed by atoms with Gasteiger partial charge < -0.3 is 10.4 Å². The van der Waals surface area contributed by atoms with Crippen LogP contribution in [0.5, 0.6) is 0 Å². The number of nitrogens with one attached hydrogen (secondary N) is 1. The molecule has 3 amide bonds. The number of aliphatic hydroxyl groups excluding tert-OH is 1. The molecule has 0 unspecified atom stereocenters. The predicted octanol–water partition coefficient (Wildman–Crippen LogP) is 2.46. The number of thiophene rings is 1. The summed E-state index contributed by atoms with van der Waals surface area (Å²) in [6.45, 7) is 1.82. The van der Waals surface area contributed by atoms with Crippen LogP contribution in [-0.4, -0.2) is 34.6 Å². The van der Waals surface area contributed by atoms with E-state index in [1.54, 1.807) is 6.92 Å². The monoisotopic (exact) mass is 322 g/mol. The van der Waals surface area contributed by atoms with Crippen LogP contribution in [-0.2, 0) is 10.3 Å². The van der Waals surface area contributed by atoms with Gasteiger partial charge in [-0.1, -0.05) is 19.3 Å². The van der Waals surface area contributed by atoms with E-state index < -0.39 is 17.7 Å². The molecule has 1 aromatic heterocycles. The number of carbonyl (C=O) groups is 2. The molecule has 1 aliphatic heterocycles. The molecule has 2 aliphatic rings. The summed E-state index contributed by atoms with van der Waals surface area (Å²) < 4.78 is 0. The fourth-order valence-corrected chi connectivity index (χ4v) is 4.23. The van der Waals surface area contributed by atoms with Crippen molar-refractivity contribution in [1.29, 1.82) is 0 Å². The lowest BCUT2D eigenvalue weighted by Crippen LogP contribution is -2.43. The van der Waals surface area contributed by atoms with E-state index in [4.69, 9.17) is 0 Å². The summed E-state index contributed by atoms with van der Waals surface area (Å²) in [7, 11) is 0. The average Bonchev–Trinajstić information content (AvgIpc) is 3.13. The second kappa shape index (κ2) is 6.01. The molecule has 0 radical (unpaired) electrons. The van der Waals surface area contributed by atoms with Crippen LogP contribution in [0.1, 0.15) is 44.6 Å². The summed E-state index contributed by atoms with van der Waals surface area (Å²) in [6.07, 6.45) is 4.78. The Labute approximate surface area is 134 Å². The van der Waals surface area contributed by atoms with Gasteiger partial charge in [0, 0.05) is 0 Å². The quantitative estimate of drug-likeness (QED) is 0.837. The maximum Gasteiger partial charge on any atom is 0.325 e. The Kier molecular flexibility index (Phi) is 4.23. The molecule has 2 fully saturated rings. The van der Waals surface area contributed by atoms with Crippen molar-refractivity contribution in [2.45, 2.75) is 50.7 Å². The first-order chi connectivity index (χ1) is 10.5. The third-order valence-corrected chi connectivity index (χ3v) is 5.62. The molecule has 2 heterocycles. The molecule has 0 bridgehead atoms. The van der Waals surface area contributed by atoms with Gasteiger partial charge in [0.25, 0.3) is 5.91 Å². The molecular weight excluding hydrogens is 300 g/mol. The number of hydrogen-bond acceptors (Lipinski definition) is 4. The van der Waals surface area contributed by atoms with Crippen LogP contribution in [0.2, 0.25) is 0 Å². The van der Waals surface area contributed by atoms with Crippen molar-refractivity contribution in [3.8, 4) is 0 Å². The molecule has 120 valence electrons. The van der Waals surface area contributed by atoms with Crippen molar-refractivity contribution in [2.24, 2.45) is 5.92 Å². The van der Waals surface area contributed by atoms with Crippen molar-refractivity contribution in [2.75, 3.05) is 6.54 Å². The lowest BCUT2D eigenvalue weighted by Gasteiger charge is -2.29. The second-order valence-electron chi connectivity index (χ2n) is 6.45. The highest BCUT2D eigenvalue weighted by Crippen LogP contribution is 2.32. The van der Waals surface area contributed by atoms with E-state index in [-0.39, 0.29) is 18.4 Å². The Hall–Kier alpha value is -1.40. The number of β-amino-alcohol motifs (C(OH)–C–C–N with tert-alkyl or cyclic N) is 1. The largest absolute Gasteiger partial charge is 0.391 e. The zero-order valence-corrected chi connectivity index (χ0v) is 13.6. The summed E-state index contributed by atoms with van der Waals surface area (Å²) in [5, 5.41) is 16.9. The van der Waals surface area contributed by atoms with Crippen molar-refractivity contribution in [3.63, 3.8) is 0 Å². The van der Waals surface area contributed by atoms with Gasteiger partial charge in [-0.2, -0.15) is 11.3 Å². The first kappa shape index (κ1) is 15.5. The third kappa shape index (κ3) is 2.65. The van der Waals surface area contributed by atoms with E-state index in [1.807, 2.05) is 16.8 Å². The SMILES string of the molecule is C[C@@]1(c2ccsc2)NC(=O)N(C[C@H](O)C2CCCCC2)C1=O.